The van der Waals surface area contributed by atoms with Crippen LogP contribution in [0.3, 0.4) is 0 Å². The molecule has 3 aromatic rings. The molecule has 10 heteroatoms. The predicted molar refractivity (Wildman–Crippen MR) is 119 cm³/mol. The van der Waals surface area contributed by atoms with Gasteiger partial charge in [0.05, 0.1) is 15.6 Å². The number of carbonyl (C=O) groups is 3. The summed E-state index contributed by atoms with van der Waals surface area (Å²) in [6, 6.07) is 10.9. The number of benzene rings is 2. The molecule has 156 valence electrons. The molecular formula is C20H17Cl3N4O3. The Morgan fingerprint density at radius 2 is 1.63 bits per heavy atom. The molecule has 0 aliphatic heterocycles. The summed E-state index contributed by atoms with van der Waals surface area (Å²) in [6.07, 6.45) is 0. The van der Waals surface area contributed by atoms with E-state index in [0.717, 1.165) is 0 Å². The van der Waals surface area contributed by atoms with Crippen molar-refractivity contribution in [2.24, 2.45) is 0 Å². The highest BCUT2D eigenvalue weighted by molar-refractivity contribution is 6.42. The van der Waals surface area contributed by atoms with E-state index in [1.54, 1.807) is 50.2 Å². The van der Waals surface area contributed by atoms with Gasteiger partial charge in [-0.25, -0.2) is 4.68 Å². The minimum atomic E-state index is -0.917. The second-order valence-electron chi connectivity index (χ2n) is 6.72. The van der Waals surface area contributed by atoms with Gasteiger partial charge in [-0.2, -0.15) is 0 Å². The number of rotatable bonds is 4. The van der Waals surface area contributed by atoms with Gasteiger partial charge in [0.2, 0.25) is 0 Å². The number of amides is 3. The Morgan fingerprint density at radius 1 is 0.900 bits per heavy atom. The van der Waals surface area contributed by atoms with Crippen molar-refractivity contribution in [1.29, 1.82) is 0 Å². The maximum absolute atomic E-state index is 12.9. The van der Waals surface area contributed by atoms with Crippen LogP contribution in [0.2, 0.25) is 15.1 Å². The van der Waals surface area contributed by atoms with Crippen molar-refractivity contribution in [3.63, 3.8) is 0 Å². The Hall–Kier alpha value is -2.74. The zero-order valence-corrected chi connectivity index (χ0v) is 18.2. The fraction of sp³-hybridized carbons (Fsp3) is 0.150. The van der Waals surface area contributed by atoms with Crippen LogP contribution in [0.1, 0.15) is 24.3 Å². The van der Waals surface area contributed by atoms with E-state index in [9.17, 15) is 14.4 Å². The molecule has 1 aromatic heterocycles. The number of hydrogen-bond donors (Lipinski definition) is 3. The molecule has 0 fully saturated rings. The van der Waals surface area contributed by atoms with Crippen LogP contribution in [0.25, 0.3) is 10.9 Å². The van der Waals surface area contributed by atoms with E-state index in [0.29, 0.717) is 26.6 Å². The summed E-state index contributed by atoms with van der Waals surface area (Å²) in [5.74, 6) is -2.28. The number of aromatic nitrogens is 1. The van der Waals surface area contributed by atoms with Gasteiger partial charge in [-0.1, -0.05) is 34.8 Å². The normalized spacial score (nSPS) is 10.9. The molecule has 0 bridgehead atoms. The van der Waals surface area contributed by atoms with E-state index in [2.05, 4.69) is 16.1 Å². The van der Waals surface area contributed by atoms with Gasteiger partial charge in [0.15, 0.2) is 0 Å². The molecule has 30 heavy (non-hydrogen) atoms. The first-order chi connectivity index (χ1) is 14.2. The van der Waals surface area contributed by atoms with E-state index in [1.807, 2.05) is 0 Å². The number of nitrogens with zero attached hydrogens (tertiary/aromatic N) is 1. The molecule has 0 saturated carbocycles. The molecule has 0 radical (unpaired) electrons. The topological polar surface area (TPSA) is 92.2 Å². The number of hydrogen-bond acceptors (Lipinski definition) is 3. The lowest BCUT2D eigenvalue weighted by molar-refractivity contribution is -0.137. The SMILES string of the molecule is CC(C)NC(=O)C(=O)Nn1c(C(=O)Nc2ccc(Cl)c(Cl)c2)cc2cc(Cl)ccc21. The van der Waals surface area contributed by atoms with Gasteiger partial charge < -0.3 is 10.6 Å². The third-order valence-electron chi connectivity index (χ3n) is 4.01. The summed E-state index contributed by atoms with van der Waals surface area (Å²) in [5, 5.41) is 6.88. The minimum absolute atomic E-state index is 0.0871. The standard InChI is InChI=1S/C20H17Cl3N4O3/c1-10(2)24-19(29)20(30)26-27-16-6-3-12(21)7-11(16)8-17(27)18(28)25-13-4-5-14(22)15(23)9-13/h3-10H,1-2H3,(H,24,29)(H,25,28)(H,26,30). The van der Waals surface area contributed by atoms with Crippen molar-refractivity contribution in [2.45, 2.75) is 19.9 Å². The van der Waals surface area contributed by atoms with Crippen molar-refractivity contribution in [3.8, 4) is 0 Å². The largest absolute Gasteiger partial charge is 0.346 e. The Kier molecular flexibility index (Phi) is 6.55. The molecule has 0 aliphatic rings. The average molecular weight is 468 g/mol. The highest BCUT2D eigenvalue weighted by atomic mass is 35.5. The third kappa shape index (κ3) is 4.87. The summed E-state index contributed by atoms with van der Waals surface area (Å²) in [6.45, 7) is 3.46. The molecule has 3 amide bonds. The highest BCUT2D eigenvalue weighted by Crippen LogP contribution is 2.27. The maximum atomic E-state index is 12.9. The van der Waals surface area contributed by atoms with Gasteiger partial charge in [-0.15, -0.1) is 0 Å². The molecule has 0 aliphatic carbocycles. The fourth-order valence-electron chi connectivity index (χ4n) is 2.72. The van der Waals surface area contributed by atoms with E-state index < -0.39 is 17.7 Å². The lowest BCUT2D eigenvalue weighted by Crippen LogP contribution is -2.42. The van der Waals surface area contributed by atoms with Crippen LogP contribution in [-0.4, -0.2) is 28.4 Å². The monoisotopic (exact) mass is 466 g/mol. The van der Waals surface area contributed by atoms with Crippen LogP contribution in [-0.2, 0) is 9.59 Å². The van der Waals surface area contributed by atoms with Crippen molar-refractivity contribution < 1.29 is 14.4 Å². The Morgan fingerprint density at radius 3 is 2.30 bits per heavy atom. The number of nitrogens with one attached hydrogen (secondary N) is 3. The molecular weight excluding hydrogens is 451 g/mol. The lowest BCUT2D eigenvalue weighted by atomic mass is 10.2. The van der Waals surface area contributed by atoms with Gasteiger partial charge in [0.25, 0.3) is 5.91 Å². The number of anilines is 1. The van der Waals surface area contributed by atoms with Crippen molar-refractivity contribution in [2.75, 3.05) is 10.7 Å². The molecule has 0 unspecified atom stereocenters. The van der Waals surface area contributed by atoms with E-state index >= 15 is 0 Å². The molecule has 0 spiro atoms. The summed E-state index contributed by atoms with van der Waals surface area (Å²) < 4.78 is 1.24. The van der Waals surface area contributed by atoms with Gasteiger partial charge in [-0.05, 0) is 56.3 Å². The van der Waals surface area contributed by atoms with Gasteiger partial charge in [-0.3, -0.25) is 19.8 Å². The fourth-order valence-corrected chi connectivity index (χ4v) is 3.20. The van der Waals surface area contributed by atoms with Crippen LogP contribution < -0.4 is 16.1 Å². The summed E-state index contributed by atoms with van der Waals surface area (Å²) in [5.41, 5.74) is 3.45. The molecule has 2 aromatic carbocycles. The zero-order chi connectivity index (χ0) is 22.0. The Labute approximate surface area is 187 Å². The van der Waals surface area contributed by atoms with Crippen molar-refractivity contribution in [3.05, 3.63) is 63.2 Å². The third-order valence-corrected chi connectivity index (χ3v) is 4.99. The maximum Gasteiger partial charge on any atom is 0.328 e. The number of halogens is 3. The first kappa shape index (κ1) is 22.0. The quantitative estimate of drug-likeness (QED) is 0.495. The second kappa shape index (κ2) is 8.95. The highest BCUT2D eigenvalue weighted by Gasteiger charge is 2.21. The minimum Gasteiger partial charge on any atom is -0.346 e. The van der Waals surface area contributed by atoms with Crippen LogP contribution >= 0.6 is 34.8 Å². The van der Waals surface area contributed by atoms with E-state index in [1.165, 1.54) is 10.7 Å². The van der Waals surface area contributed by atoms with Gasteiger partial charge >= 0.3 is 11.8 Å². The lowest BCUT2D eigenvalue weighted by Gasteiger charge is -2.13. The van der Waals surface area contributed by atoms with Crippen LogP contribution in [0, 0.1) is 0 Å². The van der Waals surface area contributed by atoms with Crippen molar-refractivity contribution in [1.82, 2.24) is 9.99 Å². The first-order valence-corrected chi connectivity index (χ1v) is 9.98. The summed E-state index contributed by atoms with van der Waals surface area (Å²) >= 11 is 17.9. The zero-order valence-electron chi connectivity index (χ0n) is 15.9. The van der Waals surface area contributed by atoms with Crippen molar-refractivity contribution >= 4 is 69.1 Å². The van der Waals surface area contributed by atoms with E-state index in [-0.39, 0.29) is 16.8 Å². The second-order valence-corrected chi connectivity index (χ2v) is 7.97. The molecule has 7 nitrogen and oxygen atoms in total. The van der Waals surface area contributed by atoms with Gasteiger partial charge in [0.1, 0.15) is 5.69 Å². The van der Waals surface area contributed by atoms with E-state index in [4.69, 9.17) is 34.8 Å². The molecule has 0 atom stereocenters. The Bertz CT molecular complexity index is 1160. The molecule has 3 N–H and O–H groups in total. The predicted octanol–water partition coefficient (Wildman–Crippen LogP) is 4.45. The van der Waals surface area contributed by atoms with Crippen LogP contribution in [0.4, 0.5) is 5.69 Å². The molecule has 0 saturated heterocycles. The number of fused-ring (bicyclic) bond motifs is 1. The van der Waals surface area contributed by atoms with Gasteiger partial charge in [0, 0.05) is 22.1 Å². The molecule has 3 rings (SSSR count). The summed E-state index contributed by atoms with van der Waals surface area (Å²) in [4.78, 5) is 37.3. The van der Waals surface area contributed by atoms with Crippen LogP contribution in [0.15, 0.2) is 42.5 Å². The first-order valence-electron chi connectivity index (χ1n) is 8.85. The average Bonchev–Trinajstić information content (AvgIpc) is 3.01. The summed E-state index contributed by atoms with van der Waals surface area (Å²) in [7, 11) is 0. The van der Waals surface area contributed by atoms with Crippen LogP contribution in [0.5, 0.6) is 0 Å². The Balaban J connectivity index is 1.97. The molecule has 1 heterocycles. The smallest absolute Gasteiger partial charge is 0.328 e. The number of carbonyl (C=O) groups excluding carboxylic acids is 3.